The molecule has 116 valence electrons. The van der Waals surface area contributed by atoms with E-state index in [1.54, 1.807) is 18.5 Å². The number of carbonyl (C=O) groups is 1. The maximum Gasteiger partial charge on any atom is 0.257 e. The molecule has 0 aliphatic rings. The van der Waals surface area contributed by atoms with Gasteiger partial charge >= 0.3 is 0 Å². The van der Waals surface area contributed by atoms with Crippen LogP contribution in [0.3, 0.4) is 0 Å². The normalized spacial score (nSPS) is 10.5. The Morgan fingerprint density at radius 3 is 2.59 bits per heavy atom. The highest BCUT2D eigenvalue weighted by molar-refractivity contribution is 9.10. The first-order chi connectivity index (χ1) is 10.5. The number of halogens is 1. The molecule has 1 amide bonds. The largest absolute Gasteiger partial charge is 0.382 e. The second-order valence-corrected chi connectivity index (χ2v) is 6.07. The number of rotatable bonds is 6. The summed E-state index contributed by atoms with van der Waals surface area (Å²) >= 11 is 3.37. The van der Waals surface area contributed by atoms with Crippen LogP contribution in [0.2, 0.25) is 0 Å². The summed E-state index contributed by atoms with van der Waals surface area (Å²) in [7, 11) is 4.03. The standard InChI is InChI=1S/C16H19BrN4O/c1-21(2)8-7-19-15-9-12(10-18-11-15)16(22)20-14-5-3-13(17)4-6-14/h3-6,9-11,19H,7-8H2,1-2H3,(H,20,22). The van der Waals surface area contributed by atoms with Crippen LogP contribution in [-0.2, 0) is 0 Å². The highest BCUT2D eigenvalue weighted by Crippen LogP contribution is 2.16. The van der Waals surface area contributed by atoms with Crippen molar-refractivity contribution in [1.29, 1.82) is 0 Å². The van der Waals surface area contributed by atoms with Crippen molar-refractivity contribution in [2.75, 3.05) is 37.8 Å². The minimum absolute atomic E-state index is 0.175. The Bertz CT molecular complexity index is 628. The quantitative estimate of drug-likeness (QED) is 0.828. The molecule has 1 aromatic carbocycles. The summed E-state index contributed by atoms with van der Waals surface area (Å²) in [6.45, 7) is 1.71. The van der Waals surface area contributed by atoms with Gasteiger partial charge in [0, 0.05) is 35.6 Å². The third kappa shape index (κ3) is 5.13. The van der Waals surface area contributed by atoms with Gasteiger partial charge in [0.2, 0.25) is 0 Å². The molecule has 0 unspecified atom stereocenters. The number of benzene rings is 1. The summed E-state index contributed by atoms with van der Waals surface area (Å²) < 4.78 is 0.972. The zero-order chi connectivity index (χ0) is 15.9. The third-order valence-electron chi connectivity index (χ3n) is 2.99. The van der Waals surface area contributed by atoms with Gasteiger partial charge in [-0.05, 0) is 44.4 Å². The minimum Gasteiger partial charge on any atom is -0.382 e. The Kier molecular flexibility index (Phi) is 5.91. The van der Waals surface area contributed by atoms with Gasteiger partial charge in [0.05, 0.1) is 11.3 Å². The summed E-state index contributed by atoms with van der Waals surface area (Å²) in [5.41, 5.74) is 2.11. The lowest BCUT2D eigenvalue weighted by Crippen LogP contribution is -2.21. The zero-order valence-corrected chi connectivity index (χ0v) is 14.2. The van der Waals surface area contributed by atoms with Gasteiger partial charge < -0.3 is 15.5 Å². The molecule has 2 aromatic rings. The predicted molar refractivity (Wildman–Crippen MR) is 93.4 cm³/mol. The zero-order valence-electron chi connectivity index (χ0n) is 12.6. The molecule has 0 radical (unpaired) electrons. The Hall–Kier alpha value is -1.92. The van der Waals surface area contributed by atoms with Crippen molar-refractivity contribution >= 4 is 33.2 Å². The van der Waals surface area contributed by atoms with Gasteiger partial charge in [-0.1, -0.05) is 15.9 Å². The van der Waals surface area contributed by atoms with Crippen molar-refractivity contribution < 1.29 is 4.79 Å². The fourth-order valence-electron chi connectivity index (χ4n) is 1.82. The van der Waals surface area contributed by atoms with E-state index in [9.17, 15) is 4.79 Å². The van der Waals surface area contributed by atoms with Crippen LogP contribution in [0.1, 0.15) is 10.4 Å². The van der Waals surface area contributed by atoms with E-state index in [0.29, 0.717) is 5.56 Å². The van der Waals surface area contributed by atoms with Gasteiger partial charge in [-0.25, -0.2) is 0 Å². The van der Waals surface area contributed by atoms with Gasteiger partial charge in [0.15, 0.2) is 0 Å². The van der Waals surface area contributed by atoms with Crippen LogP contribution < -0.4 is 10.6 Å². The number of carbonyl (C=O) groups excluding carboxylic acids is 1. The minimum atomic E-state index is -0.175. The lowest BCUT2D eigenvalue weighted by Gasteiger charge is -2.12. The van der Waals surface area contributed by atoms with Gasteiger partial charge in [-0.3, -0.25) is 9.78 Å². The molecule has 0 aliphatic heterocycles. The summed E-state index contributed by atoms with van der Waals surface area (Å²) in [4.78, 5) is 18.4. The second-order valence-electron chi connectivity index (χ2n) is 5.15. The average molecular weight is 363 g/mol. The average Bonchev–Trinajstić information content (AvgIpc) is 2.49. The molecule has 0 saturated carbocycles. The molecule has 6 heteroatoms. The van der Waals surface area contributed by atoms with Crippen LogP contribution in [0, 0.1) is 0 Å². The molecule has 0 fully saturated rings. The molecule has 5 nitrogen and oxygen atoms in total. The van der Waals surface area contributed by atoms with Crippen molar-refractivity contribution in [1.82, 2.24) is 9.88 Å². The number of nitrogens with zero attached hydrogens (tertiary/aromatic N) is 2. The van der Waals surface area contributed by atoms with Crippen molar-refractivity contribution in [3.05, 3.63) is 52.8 Å². The Morgan fingerprint density at radius 1 is 1.18 bits per heavy atom. The lowest BCUT2D eigenvalue weighted by atomic mass is 10.2. The van der Waals surface area contributed by atoms with Gasteiger partial charge in [-0.2, -0.15) is 0 Å². The van der Waals surface area contributed by atoms with Crippen molar-refractivity contribution in [3.8, 4) is 0 Å². The smallest absolute Gasteiger partial charge is 0.257 e. The molecule has 0 saturated heterocycles. The lowest BCUT2D eigenvalue weighted by molar-refractivity contribution is 0.102. The Morgan fingerprint density at radius 2 is 1.91 bits per heavy atom. The molecule has 1 heterocycles. The maximum absolute atomic E-state index is 12.2. The number of anilines is 2. The highest BCUT2D eigenvalue weighted by Gasteiger charge is 2.07. The molecule has 2 rings (SSSR count). The van der Waals surface area contributed by atoms with Gasteiger partial charge in [-0.15, -0.1) is 0 Å². The molecule has 0 bridgehead atoms. The SMILES string of the molecule is CN(C)CCNc1cncc(C(=O)Nc2ccc(Br)cc2)c1. The van der Waals surface area contributed by atoms with Crippen LogP contribution in [0.4, 0.5) is 11.4 Å². The molecular weight excluding hydrogens is 344 g/mol. The number of pyridine rings is 1. The van der Waals surface area contributed by atoms with E-state index in [-0.39, 0.29) is 5.91 Å². The number of hydrogen-bond donors (Lipinski definition) is 2. The van der Waals surface area contributed by atoms with Crippen LogP contribution in [0.5, 0.6) is 0 Å². The topological polar surface area (TPSA) is 57.3 Å². The van der Waals surface area contributed by atoms with Gasteiger partial charge in [0.25, 0.3) is 5.91 Å². The maximum atomic E-state index is 12.2. The number of amides is 1. The van der Waals surface area contributed by atoms with Crippen LogP contribution in [0.25, 0.3) is 0 Å². The van der Waals surface area contributed by atoms with E-state index in [0.717, 1.165) is 28.9 Å². The van der Waals surface area contributed by atoms with E-state index in [4.69, 9.17) is 0 Å². The van der Waals surface area contributed by atoms with Crippen LogP contribution in [0.15, 0.2) is 47.2 Å². The van der Waals surface area contributed by atoms with E-state index in [1.807, 2.05) is 38.4 Å². The highest BCUT2D eigenvalue weighted by atomic mass is 79.9. The van der Waals surface area contributed by atoms with Gasteiger partial charge in [0.1, 0.15) is 0 Å². The predicted octanol–water partition coefficient (Wildman–Crippen LogP) is 3.07. The molecule has 1 aromatic heterocycles. The van der Waals surface area contributed by atoms with Crippen LogP contribution >= 0.6 is 15.9 Å². The number of aromatic nitrogens is 1. The van der Waals surface area contributed by atoms with E-state index in [1.165, 1.54) is 0 Å². The summed E-state index contributed by atoms with van der Waals surface area (Å²) in [6.07, 6.45) is 3.28. The van der Waals surface area contributed by atoms with Crippen molar-refractivity contribution in [2.45, 2.75) is 0 Å². The first-order valence-electron chi connectivity index (χ1n) is 6.95. The second kappa shape index (κ2) is 7.91. The summed E-state index contributed by atoms with van der Waals surface area (Å²) in [6, 6.07) is 9.25. The molecule has 0 atom stereocenters. The van der Waals surface area contributed by atoms with Crippen molar-refractivity contribution in [3.63, 3.8) is 0 Å². The summed E-state index contributed by atoms with van der Waals surface area (Å²) in [5, 5.41) is 6.10. The molecular formula is C16H19BrN4O. The number of nitrogens with one attached hydrogen (secondary N) is 2. The molecule has 2 N–H and O–H groups in total. The van der Waals surface area contributed by atoms with Crippen LogP contribution in [-0.4, -0.2) is 43.0 Å². The monoisotopic (exact) mass is 362 g/mol. The number of likely N-dealkylation sites (N-methyl/N-ethyl adjacent to an activating group) is 1. The molecule has 0 spiro atoms. The summed E-state index contributed by atoms with van der Waals surface area (Å²) in [5.74, 6) is -0.175. The van der Waals surface area contributed by atoms with Crippen molar-refractivity contribution in [2.24, 2.45) is 0 Å². The fraction of sp³-hybridized carbons (Fsp3) is 0.250. The third-order valence-corrected chi connectivity index (χ3v) is 3.52. The van der Waals surface area contributed by atoms with E-state index < -0.39 is 0 Å². The number of hydrogen-bond acceptors (Lipinski definition) is 4. The molecule has 0 aliphatic carbocycles. The first kappa shape index (κ1) is 16.5. The fourth-order valence-corrected chi connectivity index (χ4v) is 2.09. The molecule has 22 heavy (non-hydrogen) atoms. The van der Waals surface area contributed by atoms with E-state index in [2.05, 4.69) is 36.4 Å². The van der Waals surface area contributed by atoms with E-state index >= 15 is 0 Å². The Labute approximate surface area is 138 Å². The first-order valence-corrected chi connectivity index (χ1v) is 7.74. The Balaban J connectivity index is 1.99.